The Labute approximate surface area is 139 Å². The van der Waals surface area contributed by atoms with Crippen LogP contribution in [0.5, 0.6) is 5.75 Å². The number of halogens is 4. The van der Waals surface area contributed by atoms with Crippen LogP contribution in [0.1, 0.15) is 5.56 Å². The molecule has 0 unspecified atom stereocenters. The summed E-state index contributed by atoms with van der Waals surface area (Å²) >= 11 is 19.5. The van der Waals surface area contributed by atoms with Crippen molar-refractivity contribution in [1.82, 2.24) is 0 Å². The van der Waals surface area contributed by atoms with E-state index < -0.39 is 0 Å². The van der Waals surface area contributed by atoms with Crippen LogP contribution in [0.4, 0.5) is 0 Å². The lowest BCUT2D eigenvalue weighted by Gasteiger charge is -2.12. The average molecular weight is 425 g/mol. The van der Waals surface area contributed by atoms with Crippen molar-refractivity contribution in [3.05, 3.63) is 48.8 Å². The Kier molecular flexibility index (Phi) is 4.83. The molecule has 2 aromatic carbocycles. The maximum atomic E-state index is 6.19. The summed E-state index contributed by atoms with van der Waals surface area (Å²) in [7, 11) is 1.59. The van der Waals surface area contributed by atoms with Gasteiger partial charge in [0.05, 0.1) is 12.1 Å². The highest BCUT2D eigenvalue weighted by Gasteiger charge is 2.13. The second-order valence-corrected chi connectivity index (χ2v) is 6.57. The van der Waals surface area contributed by atoms with Crippen molar-refractivity contribution in [2.75, 3.05) is 7.11 Å². The maximum absolute atomic E-state index is 6.19. The van der Waals surface area contributed by atoms with Gasteiger partial charge in [0.1, 0.15) is 5.75 Å². The molecule has 0 fully saturated rings. The first-order valence-corrected chi connectivity index (χ1v) is 7.77. The summed E-state index contributed by atoms with van der Waals surface area (Å²) in [5.74, 6) is 0.631. The zero-order chi connectivity index (χ0) is 14.2. The van der Waals surface area contributed by atoms with Gasteiger partial charge in [-0.2, -0.15) is 0 Å². The van der Waals surface area contributed by atoms with Crippen molar-refractivity contribution < 1.29 is 4.74 Å². The van der Waals surface area contributed by atoms with Crippen molar-refractivity contribution in [2.45, 2.75) is 6.92 Å². The first kappa shape index (κ1) is 15.2. The molecule has 2 rings (SSSR count). The molecule has 0 radical (unpaired) electrons. The Morgan fingerprint density at radius 1 is 0.895 bits per heavy atom. The van der Waals surface area contributed by atoms with Crippen molar-refractivity contribution in [2.24, 2.45) is 0 Å². The molecule has 100 valence electrons. The second kappa shape index (κ2) is 6.04. The molecule has 1 nitrogen and oxygen atoms in total. The van der Waals surface area contributed by atoms with Crippen LogP contribution in [0.3, 0.4) is 0 Å². The molecule has 0 N–H and O–H groups in total. The van der Waals surface area contributed by atoms with Crippen molar-refractivity contribution in [1.29, 1.82) is 0 Å². The molecule has 19 heavy (non-hydrogen) atoms. The lowest BCUT2D eigenvalue weighted by molar-refractivity contribution is 0.415. The number of ether oxygens (including phenoxy) is 1. The fourth-order valence-electron chi connectivity index (χ4n) is 1.74. The van der Waals surface area contributed by atoms with Gasteiger partial charge in [0.15, 0.2) is 0 Å². The molecule has 0 aliphatic heterocycles. The zero-order valence-corrected chi connectivity index (χ0v) is 14.9. The van der Waals surface area contributed by atoms with Gasteiger partial charge in [0.25, 0.3) is 0 Å². The Morgan fingerprint density at radius 3 is 2.00 bits per heavy atom. The molecular weight excluding hydrogens is 415 g/mol. The lowest BCUT2D eigenvalue weighted by atomic mass is 10.0. The van der Waals surface area contributed by atoms with Crippen LogP contribution in [0.15, 0.2) is 33.2 Å². The largest absolute Gasteiger partial charge is 0.495 e. The number of methoxy groups -OCH3 is 1. The SMILES string of the molecule is COc1cc(Br)c(-c2cc(Cl)c(C)cc2Br)cc1Cl. The Balaban J connectivity index is 2.65. The predicted molar refractivity (Wildman–Crippen MR) is 88.6 cm³/mol. The summed E-state index contributed by atoms with van der Waals surface area (Å²) in [6, 6.07) is 7.61. The highest BCUT2D eigenvalue weighted by Crippen LogP contribution is 2.41. The number of rotatable bonds is 2. The molecule has 5 heteroatoms. The van der Waals surface area contributed by atoms with E-state index in [-0.39, 0.29) is 0 Å². The van der Waals surface area contributed by atoms with Gasteiger partial charge in [-0.25, -0.2) is 0 Å². The number of hydrogen-bond donors (Lipinski definition) is 0. The smallest absolute Gasteiger partial charge is 0.138 e. The molecule has 0 saturated heterocycles. The predicted octanol–water partition coefficient (Wildman–Crippen LogP) is 6.50. The highest BCUT2D eigenvalue weighted by atomic mass is 79.9. The first-order valence-electron chi connectivity index (χ1n) is 5.43. The van der Waals surface area contributed by atoms with E-state index in [1.54, 1.807) is 7.11 Å². The quantitative estimate of drug-likeness (QED) is 0.534. The van der Waals surface area contributed by atoms with Crippen LogP contribution >= 0.6 is 55.1 Å². The third-order valence-corrected chi connectivity index (χ3v) is 4.79. The summed E-state index contributed by atoms with van der Waals surface area (Å²) in [5, 5.41) is 1.28. The molecule has 0 spiro atoms. The van der Waals surface area contributed by atoms with E-state index in [4.69, 9.17) is 27.9 Å². The molecule has 0 heterocycles. The minimum absolute atomic E-state index is 0.560. The normalized spacial score (nSPS) is 10.6. The third-order valence-electron chi connectivity index (χ3n) is 2.78. The molecule has 0 bridgehead atoms. The van der Waals surface area contributed by atoms with E-state index in [0.717, 1.165) is 30.7 Å². The van der Waals surface area contributed by atoms with Crippen molar-refractivity contribution >= 4 is 55.1 Å². The summed E-state index contributed by atoms with van der Waals surface area (Å²) < 4.78 is 7.06. The summed E-state index contributed by atoms with van der Waals surface area (Å²) in [6.07, 6.45) is 0. The van der Waals surface area contributed by atoms with E-state index in [0.29, 0.717) is 10.8 Å². The maximum Gasteiger partial charge on any atom is 0.138 e. The van der Waals surface area contributed by atoms with Gasteiger partial charge < -0.3 is 4.74 Å². The van der Waals surface area contributed by atoms with E-state index in [1.165, 1.54) is 0 Å². The molecule has 0 aliphatic carbocycles. The van der Waals surface area contributed by atoms with Crippen molar-refractivity contribution in [3.63, 3.8) is 0 Å². The van der Waals surface area contributed by atoms with Gasteiger partial charge in [0, 0.05) is 14.0 Å². The van der Waals surface area contributed by atoms with Gasteiger partial charge in [-0.15, -0.1) is 0 Å². The first-order chi connectivity index (χ1) is 8.93. The summed E-state index contributed by atoms with van der Waals surface area (Å²) in [6.45, 7) is 1.97. The second-order valence-electron chi connectivity index (χ2n) is 4.05. The number of benzene rings is 2. The van der Waals surface area contributed by atoms with Crippen LogP contribution in [-0.2, 0) is 0 Å². The molecule has 0 saturated carbocycles. The van der Waals surface area contributed by atoms with Crippen LogP contribution < -0.4 is 4.74 Å². The monoisotopic (exact) mass is 422 g/mol. The Morgan fingerprint density at radius 2 is 1.42 bits per heavy atom. The van der Waals surface area contributed by atoms with Crippen LogP contribution in [0.2, 0.25) is 10.0 Å². The molecule has 0 atom stereocenters. The van der Waals surface area contributed by atoms with E-state index in [9.17, 15) is 0 Å². The topological polar surface area (TPSA) is 9.23 Å². The average Bonchev–Trinajstić information content (AvgIpc) is 2.36. The van der Waals surface area contributed by atoms with Gasteiger partial charge in [-0.3, -0.25) is 0 Å². The fourth-order valence-corrected chi connectivity index (χ4v) is 3.36. The highest BCUT2D eigenvalue weighted by molar-refractivity contribution is 9.11. The van der Waals surface area contributed by atoms with Gasteiger partial charge >= 0.3 is 0 Å². The molecule has 0 aliphatic rings. The summed E-state index contributed by atoms with van der Waals surface area (Å²) in [4.78, 5) is 0. The molecule has 0 aromatic heterocycles. The standard InChI is InChI=1S/C14H10Br2Cl2O/c1-7-3-10(15)8(4-12(7)17)9-5-13(18)14(19-2)6-11(9)16/h3-6H,1-2H3. The zero-order valence-electron chi connectivity index (χ0n) is 10.2. The van der Waals surface area contributed by atoms with Gasteiger partial charge in [0.2, 0.25) is 0 Å². The molecular formula is C14H10Br2Cl2O. The minimum atomic E-state index is 0.560. The van der Waals surface area contributed by atoms with E-state index >= 15 is 0 Å². The van der Waals surface area contributed by atoms with Crippen LogP contribution in [0, 0.1) is 6.92 Å². The van der Waals surface area contributed by atoms with E-state index in [2.05, 4.69) is 31.9 Å². The Bertz CT molecular complexity index is 642. The summed E-state index contributed by atoms with van der Waals surface area (Å²) in [5.41, 5.74) is 2.96. The third kappa shape index (κ3) is 3.10. The van der Waals surface area contributed by atoms with Crippen LogP contribution in [0.25, 0.3) is 11.1 Å². The van der Waals surface area contributed by atoms with Gasteiger partial charge in [-0.1, -0.05) is 55.1 Å². The van der Waals surface area contributed by atoms with Gasteiger partial charge in [-0.05, 0) is 47.9 Å². The van der Waals surface area contributed by atoms with Crippen molar-refractivity contribution in [3.8, 4) is 16.9 Å². The minimum Gasteiger partial charge on any atom is -0.495 e. The molecule has 2 aromatic rings. The Hall–Kier alpha value is -0.220. The lowest BCUT2D eigenvalue weighted by Crippen LogP contribution is -1.89. The molecule has 0 amide bonds. The number of hydrogen-bond acceptors (Lipinski definition) is 1. The number of aryl methyl sites for hydroxylation is 1. The van der Waals surface area contributed by atoms with E-state index in [1.807, 2.05) is 31.2 Å². The fraction of sp³-hybridized carbons (Fsp3) is 0.143. The van der Waals surface area contributed by atoms with Crippen LogP contribution in [-0.4, -0.2) is 7.11 Å².